The van der Waals surface area contributed by atoms with Crippen LogP contribution < -0.4 is 14.8 Å². The first-order valence-corrected chi connectivity index (χ1v) is 9.74. The number of carbonyl (C=O) groups is 2. The summed E-state index contributed by atoms with van der Waals surface area (Å²) in [6.45, 7) is 0. The second-order valence-corrected chi connectivity index (χ2v) is 7.21. The largest absolute Gasteiger partial charge is 0.497 e. The molecule has 1 aliphatic carbocycles. The van der Waals surface area contributed by atoms with Crippen molar-refractivity contribution in [2.24, 2.45) is 5.92 Å². The molecule has 4 rings (SSSR count). The maximum absolute atomic E-state index is 12.6. The lowest BCUT2D eigenvalue weighted by atomic mass is 9.92. The van der Waals surface area contributed by atoms with Crippen molar-refractivity contribution >= 4 is 28.3 Å². The van der Waals surface area contributed by atoms with Crippen LogP contribution in [0.5, 0.6) is 11.5 Å². The molecule has 1 aromatic carbocycles. The average Bonchev–Trinajstić information content (AvgIpc) is 3.20. The van der Waals surface area contributed by atoms with Gasteiger partial charge in [-0.05, 0) is 18.2 Å². The van der Waals surface area contributed by atoms with Crippen LogP contribution in [0.2, 0.25) is 0 Å². The first-order valence-electron chi connectivity index (χ1n) is 8.86. The van der Waals surface area contributed by atoms with E-state index >= 15 is 0 Å². The van der Waals surface area contributed by atoms with E-state index in [2.05, 4.69) is 10.3 Å². The van der Waals surface area contributed by atoms with Crippen LogP contribution in [0, 0.1) is 5.92 Å². The number of fused-ring (bicyclic) bond motifs is 1. The topological polar surface area (TPSA) is 86.8 Å². The molecule has 1 amide bonds. The Labute approximate surface area is 171 Å². The Kier molecular flexibility index (Phi) is 5.18. The zero-order valence-electron chi connectivity index (χ0n) is 15.7. The van der Waals surface area contributed by atoms with Crippen molar-refractivity contribution in [1.29, 1.82) is 0 Å². The maximum atomic E-state index is 12.6. The molecular weight excluding hydrogens is 392 g/mol. The first-order chi connectivity index (χ1) is 14.1. The Morgan fingerprint density at radius 3 is 2.83 bits per heavy atom. The summed E-state index contributed by atoms with van der Waals surface area (Å²) in [5, 5.41) is 4.86. The molecule has 148 valence electrons. The van der Waals surface area contributed by atoms with Gasteiger partial charge in [-0.25, -0.2) is 9.78 Å². The highest BCUT2D eigenvalue weighted by molar-refractivity contribution is 7.14. The molecule has 0 spiro atoms. The second-order valence-electron chi connectivity index (χ2n) is 6.36. The van der Waals surface area contributed by atoms with Crippen molar-refractivity contribution in [2.75, 3.05) is 19.5 Å². The average molecular weight is 410 g/mol. The Hall–Kier alpha value is -3.39. The Balaban J connectivity index is 1.53. The summed E-state index contributed by atoms with van der Waals surface area (Å²) in [5.74, 6) is -0.0542. The van der Waals surface area contributed by atoms with Gasteiger partial charge in [0.15, 0.2) is 5.13 Å². The van der Waals surface area contributed by atoms with Gasteiger partial charge in [-0.2, -0.15) is 0 Å². The maximum Gasteiger partial charge on any atom is 0.344 e. The van der Waals surface area contributed by atoms with Crippen LogP contribution >= 0.6 is 11.3 Å². The second kappa shape index (κ2) is 7.92. The standard InChI is InChI=1S/C21H18N2O5S/c1-26-13-7-8-14(18(10-13)27-2)16-11-29-21(22-16)23-19(24)15-9-12-5-3-4-6-17(12)28-20(15)25/h3-12,17H,1-2H3,(H,22,23,24)/t12-,17-/m1/s1. The third-order valence-corrected chi connectivity index (χ3v) is 5.36. The number of nitrogens with one attached hydrogen (secondary N) is 1. The Bertz CT molecular complexity index is 1050. The molecule has 0 unspecified atom stereocenters. The molecule has 2 aliphatic rings. The number of ether oxygens (including phenoxy) is 3. The fraction of sp³-hybridized carbons (Fsp3) is 0.190. The lowest BCUT2D eigenvalue weighted by molar-refractivity contribution is -0.145. The highest BCUT2D eigenvalue weighted by Crippen LogP contribution is 2.35. The number of allylic oxidation sites excluding steroid dienone is 2. The van der Waals surface area contributed by atoms with Gasteiger partial charge in [0.1, 0.15) is 23.2 Å². The summed E-state index contributed by atoms with van der Waals surface area (Å²) in [6.07, 6.45) is 8.63. The molecule has 2 atom stereocenters. The molecule has 29 heavy (non-hydrogen) atoms. The molecule has 0 saturated heterocycles. The molecule has 0 saturated carbocycles. The van der Waals surface area contributed by atoms with Crippen molar-refractivity contribution in [3.8, 4) is 22.8 Å². The Morgan fingerprint density at radius 2 is 2.03 bits per heavy atom. The van der Waals surface area contributed by atoms with Crippen molar-refractivity contribution < 1.29 is 23.8 Å². The fourth-order valence-corrected chi connectivity index (χ4v) is 3.82. The van der Waals surface area contributed by atoms with Crippen molar-refractivity contribution in [2.45, 2.75) is 6.10 Å². The smallest absolute Gasteiger partial charge is 0.344 e. The summed E-state index contributed by atoms with van der Waals surface area (Å²) in [7, 11) is 3.15. The monoisotopic (exact) mass is 410 g/mol. The van der Waals surface area contributed by atoms with Crippen LogP contribution in [0.1, 0.15) is 0 Å². The van der Waals surface area contributed by atoms with Gasteiger partial charge in [0.2, 0.25) is 0 Å². The number of aromatic nitrogens is 1. The summed E-state index contributed by atoms with van der Waals surface area (Å²) >= 11 is 1.26. The minimum absolute atomic E-state index is 0.0232. The minimum Gasteiger partial charge on any atom is -0.497 e. The van der Waals surface area contributed by atoms with Gasteiger partial charge >= 0.3 is 5.97 Å². The molecule has 1 aromatic heterocycles. The van der Waals surface area contributed by atoms with E-state index < -0.39 is 11.9 Å². The molecule has 2 heterocycles. The highest BCUT2D eigenvalue weighted by Gasteiger charge is 2.33. The number of thiazole rings is 1. The molecule has 0 bridgehead atoms. The third kappa shape index (κ3) is 3.79. The van der Waals surface area contributed by atoms with E-state index in [1.807, 2.05) is 24.3 Å². The molecule has 0 fully saturated rings. The number of hydrogen-bond acceptors (Lipinski definition) is 7. The van der Waals surface area contributed by atoms with Crippen LogP contribution in [0.15, 0.2) is 59.5 Å². The predicted molar refractivity (Wildman–Crippen MR) is 109 cm³/mol. The normalized spacial score (nSPS) is 19.8. The van der Waals surface area contributed by atoms with Crippen LogP contribution in [-0.2, 0) is 14.3 Å². The van der Waals surface area contributed by atoms with Crippen molar-refractivity contribution in [3.05, 3.63) is 59.5 Å². The summed E-state index contributed by atoms with van der Waals surface area (Å²) in [5.41, 5.74) is 1.39. The molecule has 7 nitrogen and oxygen atoms in total. The highest BCUT2D eigenvalue weighted by atomic mass is 32.1. The molecule has 1 N–H and O–H groups in total. The number of methoxy groups -OCH3 is 2. The fourth-order valence-electron chi connectivity index (χ4n) is 3.12. The Morgan fingerprint density at radius 1 is 1.21 bits per heavy atom. The zero-order chi connectivity index (χ0) is 20.4. The van der Waals surface area contributed by atoms with Gasteiger partial charge in [-0.1, -0.05) is 24.3 Å². The first kappa shape index (κ1) is 18.9. The van der Waals surface area contributed by atoms with Gasteiger partial charge in [0, 0.05) is 22.9 Å². The molecule has 8 heteroatoms. The van der Waals surface area contributed by atoms with Gasteiger partial charge in [0.05, 0.1) is 19.9 Å². The number of rotatable bonds is 5. The van der Waals surface area contributed by atoms with Crippen LogP contribution in [0.3, 0.4) is 0 Å². The molecule has 0 radical (unpaired) electrons. The van der Waals surface area contributed by atoms with Crippen LogP contribution in [0.25, 0.3) is 11.3 Å². The quantitative estimate of drug-likeness (QED) is 0.601. The van der Waals surface area contributed by atoms with E-state index in [0.29, 0.717) is 22.3 Å². The molecular formula is C21H18N2O5S. The van der Waals surface area contributed by atoms with Gasteiger partial charge in [-0.15, -0.1) is 11.3 Å². The number of benzene rings is 1. The van der Waals surface area contributed by atoms with Gasteiger partial charge < -0.3 is 14.2 Å². The predicted octanol–water partition coefficient (Wildman–Crippen LogP) is 3.36. The summed E-state index contributed by atoms with van der Waals surface area (Å²) in [6, 6.07) is 5.40. The number of nitrogens with zero attached hydrogens (tertiary/aromatic N) is 1. The van der Waals surface area contributed by atoms with Crippen molar-refractivity contribution in [1.82, 2.24) is 4.98 Å². The lowest BCUT2D eigenvalue weighted by Crippen LogP contribution is -2.34. The van der Waals surface area contributed by atoms with E-state index in [9.17, 15) is 9.59 Å². The number of esters is 1. The lowest BCUT2D eigenvalue weighted by Gasteiger charge is -2.26. The van der Waals surface area contributed by atoms with E-state index in [1.165, 1.54) is 11.3 Å². The summed E-state index contributed by atoms with van der Waals surface area (Å²) in [4.78, 5) is 29.3. The number of carbonyl (C=O) groups excluding carboxylic acids is 2. The van der Waals surface area contributed by atoms with E-state index in [1.54, 1.807) is 43.9 Å². The summed E-state index contributed by atoms with van der Waals surface area (Å²) < 4.78 is 16.0. The van der Waals surface area contributed by atoms with E-state index in [0.717, 1.165) is 5.56 Å². The van der Waals surface area contributed by atoms with E-state index in [-0.39, 0.29) is 17.6 Å². The SMILES string of the molecule is COc1ccc(-c2csc(NC(=O)C3=C[C@H]4C=CC=C[C@H]4OC3=O)n2)c(OC)c1. The third-order valence-electron chi connectivity index (χ3n) is 4.60. The number of amides is 1. The van der Waals surface area contributed by atoms with E-state index in [4.69, 9.17) is 14.2 Å². The number of anilines is 1. The zero-order valence-corrected chi connectivity index (χ0v) is 16.6. The van der Waals surface area contributed by atoms with Crippen LogP contribution in [-0.4, -0.2) is 37.2 Å². The van der Waals surface area contributed by atoms with Gasteiger partial charge in [-0.3, -0.25) is 10.1 Å². The van der Waals surface area contributed by atoms with Crippen molar-refractivity contribution in [3.63, 3.8) is 0 Å². The minimum atomic E-state index is -0.641. The molecule has 1 aliphatic heterocycles. The molecule has 2 aromatic rings. The number of hydrogen-bond donors (Lipinski definition) is 1. The van der Waals surface area contributed by atoms with Crippen LogP contribution in [0.4, 0.5) is 5.13 Å². The van der Waals surface area contributed by atoms with Gasteiger partial charge in [0.25, 0.3) is 5.91 Å².